The molecule has 0 radical (unpaired) electrons. The number of aliphatic hydroxyl groups is 1. The van der Waals surface area contributed by atoms with E-state index >= 15 is 0 Å². The van der Waals surface area contributed by atoms with Crippen LogP contribution in [0.25, 0.3) is 0 Å². The van der Waals surface area contributed by atoms with Gasteiger partial charge in [-0.25, -0.2) is 0 Å². The molecule has 2 rings (SSSR count). The minimum Gasteiger partial charge on any atom is -0.491 e. The first kappa shape index (κ1) is 19.4. The third-order valence-corrected chi connectivity index (χ3v) is 4.56. The number of hydrogen-bond acceptors (Lipinski definition) is 4. The van der Waals surface area contributed by atoms with E-state index in [0.717, 1.165) is 10.6 Å². The van der Waals surface area contributed by atoms with Crippen molar-refractivity contribution in [2.45, 2.75) is 26.0 Å². The Morgan fingerprint density at radius 1 is 1.20 bits per heavy atom. The van der Waals surface area contributed by atoms with Gasteiger partial charge in [0.15, 0.2) is 5.78 Å². The standard InChI is InChI=1S/C20H24ClNO3/c1-14(19-6-4-5-7-20(19)21)22(3)12-17(24)13-25-18-10-8-16(9-11-18)15(2)23/h4-11,14,17,24H,12-13H2,1-3H3. The van der Waals surface area contributed by atoms with Gasteiger partial charge in [0.2, 0.25) is 0 Å². The lowest BCUT2D eigenvalue weighted by Gasteiger charge is -2.28. The number of hydrogen-bond donors (Lipinski definition) is 1. The molecule has 2 aromatic carbocycles. The Morgan fingerprint density at radius 2 is 1.84 bits per heavy atom. The number of likely N-dealkylation sites (N-methyl/N-ethyl adjacent to an activating group) is 1. The van der Waals surface area contributed by atoms with Gasteiger partial charge in [-0.05, 0) is 56.8 Å². The maximum atomic E-state index is 11.3. The highest BCUT2D eigenvalue weighted by atomic mass is 35.5. The molecular formula is C20H24ClNO3. The number of benzene rings is 2. The second-order valence-corrected chi connectivity index (χ2v) is 6.59. The summed E-state index contributed by atoms with van der Waals surface area (Å²) in [6.07, 6.45) is -0.637. The number of aliphatic hydroxyl groups excluding tert-OH is 1. The molecule has 0 aromatic heterocycles. The number of carbonyl (C=O) groups excluding carboxylic acids is 1. The highest BCUT2D eigenvalue weighted by Crippen LogP contribution is 2.26. The van der Waals surface area contributed by atoms with Gasteiger partial charge in [0.1, 0.15) is 18.5 Å². The van der Waals surface area contributed by atoms with Crippen molar-refractivity contribution in [1.82, 2.24) is 4.90 Å². The fraction of sp³-hybridized carbons (Fsp3) is 0.350. The Bertz CT molecular complexity index is 702. The normalized spacial score (nSPS) is 13.5. The molecule has 0 aliphatic carbocycles. The number of halogens is 1. The molecule has 5 heteroatoms. The zero-order chi connectivity index (χ0) is 18.4. The Hall–Kier alpha value is -1.88. The Kier molecular flexibility index (Phi) is 7.00. The summed E-state index contributed by atoms with van der Waals surface area (Å²) in [6.45, 7) is 4.21. The van der Waals surface area contributed by atoms with Crippen molar-refractivity contribution < 1.29 is 14.6 Å². The van der Waals surface area contributed by atoms with E-state index in [-0.39, 0.29) is 18.4 Å². The van der Waals surface area contributed by atoms with Crippen LogP contribution < -0.4 is 4.74 Å². The summed E-state index contributed by atoms with van der Waals surface area (Å²) >= 11 is 6.24. The van der Waals surface area contributed by atoms with Crippen molar-refractivity contribution in [2.75, 3.05) is 20.2 Å². The molecular weight excluding hydrogens is 338 g/mol. The van der Waals surface area contributed by atoms with E-state index in [2.05, 4.69) is 6.92 Å². The van der Waals surface area contributed by atoms with Crippen molar-refractivity contribution in [1.29, 1.82) is 0 Å². The molecule has 0 spiro atoms. The monoisotopic (exact) mass is 361 g/mol. The number of nitrogens with zero attached hydrogens (tertiary/aromatic N) is 1. The molecule has 25 heavy (non-hydrogen) atoms. The first-order chi connectivity index (χ1) is 11.9. The van der Waals surface area contributed by atoms with Crippen LogP contribution >= 0.6 is 11.6 Å². The van der Waals surface area contributed by atoms with Crippen molar-refractivity contribution >= 4 is 17.4 Å². The first-order valence-corrected chi connectivity index (χ1v) is 8.62. The molecule has 134 valence electrons. The summed E-state index contributed by atoms with van der Waals surface area (Å²) in [5.41, 5.74) is 1.67. The summed E-state index contributed by atoms with van der Waals surface area (Å²) in [4.78, 5) is 13.3. The van der Waals surface area contributed by atoms with E-state index in [1.54, 1.807) is 24.3 Å². The molecule has 2 atom stereocenters. The molecule has 0 heterocycles. The largest absolute Gasteiger partial charge is 0.491 e. The van der Waals surface area contributed by atoms with E-state index in [4.69, 9.17) is 16.3 Å². The van der Waals surface area contributed by atoms with Crippen LogP contribution in [0, 0.1) is 0 Å². The van der Waals surface area contributed by atoms with Gasteiger partial charge in [-0.3, -0.25) is 9.69 Å². The molecule has 0 aliphatic heterocycles. The lowest BCUT2D eigenvalue weighted by molar-refractivity contribution is 0.0654. The molecule has 4 nitrogen and oxygen atoms in total. The fourth-order valence-electron chi connectivity index (χ4n) is 2.57. The van der Waals surface area contributed by atoms with Crippen LogP contribution in [-0.2, 0) is 0 Å². The first-order valence-electron chi connectivity index (χ1n) is 8.25. The molecule has 1 N–H and O–H groups in total. The Labute approximate surface area is 154 Å². The fourth-order valence-corrected chi connectivity index (χ4v) is 2.87. The summed E-state index contributed by atoms with van der Waals surface area (Å²) in [5, 5.41) is 11.0. The van der Waals surface area contributed by atoms with Crippen LogP contribution in [0.2, 0.25) is 5.02 Å². The van der Waals surface area contributed by atoms with Gasteiger partial charge in [-0.2, -0.15) is 0 Å². The van der Waals surface area contributed by atoms with Crippen molar-refractivity contribution in [2.24, 2.45) is 0 Å². The molecule has 2 unspecified atom stereocenters. The van der Waals surface area contributed by atoms with Crippen LogP contribution in [0.5, 0.6) is 5.75 Å². The summed E-state index contributed by atoms with van der Waals surface area (Å²) in [5.74, 6) is 0.646. The highest BCUT2D eigenvalue weighted by molar-refractivity contribution is 6.31. The van der Waals surface area contributed by atoms with Crippen molar-refractivity contribution in [3.63, 3.8) is 0 Å². The maximum absolute atomic E-state index is 11.3. The Morgan fingerprint density at radius 3 is 2.44 bits per heavy atom. The van der Waals surface area contributed by atoms with E-state index in [9.17, 15) is 9.90 Å². The zero-order valence-corrected chi connectivity index (χ0v) is 15.5. The predicted molar refractivity (Wildman–Crippen MR) is 100 cm³/mol. The lowest BCUT2D eigenvalue weighted by Crippen LogP contribution is -2.34. The number of ether oxygens (including phenoxy) is 1. The van der Waals surface area contributed by atoms with Gasteiger partial charge in [-0.1, -0.05) is 29.8 Å². The molecule has 0 saturated heterocycles. The SMILES string of the molecule is CC(=O)c1ccc(OCC(O)CN(C)C(C)c2ccccc2Cl)cc1. The van der Waals surface area contributed by atoms with Crippen LogP contribution in [-0.4, -0.2) is 42.1 Å². The third-order valence-electron chi connectivity index (χ3n) is 4.22. The summed E-state index contributed by atoms with van der Waals surface area (Å²) in [7, 11) is 1.94. The van der Waals surface area contributed by atoms with Gasteiger partial charge in [0.25, 0.3) is 0 Å². The van der Waals surface area contributed by atoms with Gasteiger partial charge in [0.05, 0.1) is 0 Å². The van der Waals surface area contributed by atoms with E-state index in [1.165, 1.54) is 6.92 Å². The summed E-state index contributed by atoms with van der Waals surface area (Å²) < 4.78 is 5.60. The van der Waals surface area contributed by atoms with Crippen LogP contribution in [0.4, 0.5) is 0 Å². The van der Waals surface area contributed by atoms with Crippen LogP contribution in [0.3, 0.4) is 0 Å². The van der Waals surface area contributed by atoms with E-state index in [0.29, 0.717) is 17.9 Å². The average Bonchev–Trinajstić information content (AvgIpc) is 2.60. The number of Topliss-reactive ketones (excluding diaryl/α,β-unsaturated/α-hetero) is 1. The number of ketones is 1. The van der Waals surface area contributed by atoms with Crippen molar-refractivity contribution in [3.05, 3.63) is 64.7 Å². The van der Waals surface area contributed by atoms with Gasteiger partial charge < -0.3 is 9.84 Å². The van der Waals surface area contributed by atoms with Crippen molar-refractivity contribution in [3.8, 4) is 5.75 Å². The Balaban J connectivity index is 1.86. The highest BCUT2D eigenvalue weighted by Gasteiger charge is 2.17. The minimum absolute atomic E-state index is 0.0155. The third kappa shape index (κ3) is 5.56. The minimum atomic E-state index is -0.637. The molecule has 2 aromatic rings. The zero-order valence-electron chi connectivity index (χ0n) is 14.8. The predicted octanol–water partition coefficient (Wildman–Crippen LogP) is 3.98. The number of rotatable bonds is 8. The molecule has 0 fully saturated rings. The van der Waals surface area contributed by atoms with E-state index in [1.807, 2.05) is 36.2 Å². The topological polar surface area (TPSA) is 49.8 Å². The quantitative estimate of drug-likeness (QED) is 0.723. The molecule has 0 aliphatic rings. The van der Waals surface area contributed by atoms with Gasteiger partial charge in [-0.15, -0.1) is 0 Å². The second-order valence-electron chi connectivity index (χ2n) is 6.18. The van der Waals surface area contributed by atoms with E-state index < -0.39 is 6.10 Å². The molecule has 0 amide bonds. The smallest absolute Gasteiger partial charge is 0.159 e. The van der Waals surface area contributed by atoms with Crippen LogP contribution in [0.1, 0.15) is 35.8 Å². The molecule has 0 saturated carbocycles. The maximum Gasteiger partial charge on any atom is 0.159 e. The second kappa shape index (κ2) is 8.99. The van der Waals surface area contributed by atoms with Crippen LogP contribution in [0.15, 0.2) is 48.5 Å². The lowest BCUT2D eigenvalue weighted by atomic mass is 10.1. The van der Waals surface area contributed by atoms with Gasteiger partial charge in [0, 0.05) is 23.2 Å². The van der Waals surface area contributed by atoms with Gasteiger partial charge >= 0.3 is 0 Å². The summed E-state index contributed by atoms with van der Waals surface area (Å²) in [6, 6.07) is 14.7. The number of carbonyl (C=O) groups is 1. The average molecular weight is 362 g/mol. The molecule has 0 bridgehead atoms.